The van der Waals surface area contributed by atoms with E-state index in [0.717, 1.165) is 58.1 Å². The maximum atomic E-state index is 13.9. The molecule has 36 heavy (non-hydrogen) atoms. The van der Waals surface area contributed by atoms with Gasteiger partial charge >= 0.3 is 6.18 Å². The number of carbonyl (C=O) groups excluding carboxylic acids is 1. The van der Waals surface area contributed by atoms with Gasteiger partial charge in [0.1, 0.15) is 5.82 Å². The minimum Gasteiger partial charge on any atom is -0.383 e. The number of pyridine rings is 2. The van der Waals surface area contributed by atoms with E-state index in [0.29, 0.717) is 22.6 Å². The third-order valence-corrected chi connectivity index (χ3v) is 7.56. The van der Waals surface area contributed by atoms with Gasteiger partial charge in [-0.15, -0.1) is 11.3 Å². The Labute approximate surface area is 210 Å². The standard InChI is InChI=1S/C26H24F3N5OS/c1-14-10-17-11-16(6-9-20(17)33-24(14)30)25(35)34(13-19-8-7-18(12-31-19)26(27,28)29)22-5-3-4-21-23(22)36-15(2)32-21/h6-12,22H,3-5,13H2,1-2H3,(H2,30,33)/t22-/m1/s1. The summed E-state index contributed by atoms with van der Waals surface area (Å²) in [5.74, 6) is 0.212. The van der Waals surface area contributed by atoms with Gasteiger partial charge in [0.15, 0.2) is 0 Å². The molecule has 1 aromatic carbocycles. The molecule has 0 saturated heterocycles. The van der Waals surface area contributed by atoms with Crippen molar-refractivity contribution in [2.45, 2.75) is 51.9 Å². The summed E-state index contributed by atoms with van der Waals surface area (Å²) in [7, 11) is 0. The number of halogens is 3. The summed E-state index contributed by atoms with van der Waals surface area (Å²) in [5, 5.41) is 1.72. The van der Waals surface area contributed by atoms with E-state index in [2.05, 4.69) is 15.0 Å². The van der Waals surface area contributed by atoms with Gasteiger partial charge in [-0.2, -0.15) is 13.2 Å². The van der Waals surface area contributed by atoms with E-state index in [1.54, 1.807) is 34.4 Å². The quantitative estimate of drug-likeness (QED) is 0.362. The minimum atomic E-state index is -4.47. The third kappa shape index (κ3) is 4.65. The molecule has 0 spiro atoms. The molecular formula is C26H24F3N5OS. The van der Waals surface area contributed by atoms with E-state index in [9.17, 15) is 18.0 Å². The molecule has 1 aliphatic carbocycles. The lowest BCUT2D eigenvalue weighted by molar-refractivity contribution is -0.137. The van der Waals surface area contributed by atoms with Gasteiger partial charge in [0.2, 0.25) is 0 Å². The van der Waals surface area contributed by atoms with Gasteiger partial charge in [-0.1, -0.05) is 0 Å². The van der Waals surface area contributed by atoms with Gasteiger partial charge in [0.25, 0.3) is 5.91 Å². The van der Waals surface area contributed by atoms with Crippen LogP contribution in [-0.4, -0.2) is 25.8 Å². The van der Waals surface area contributed by atoms with Gasteiger partial charge in [-0.05, 0) is 75.1 Å². The van der Waals surface area contributed by atoms with E-state index < -0.39 is 11.7 Å². The first kappa shape index (κ1) is 24.2. The number of nitrogens with zero attached hydrogens (tertiary/aromatic N) is 4. The molecule has 3 heterocycles. The molecule has 3 aromatic heterocycles. The molecular weight excluding hydrogens is 487 g/mol. The monoisotopic (exact) mass is 511 g/mol. The number of hydrogen-bond donors (Lipinski definition) is 1. The number of nitrogens with two attached hydrogens (primary N) is 1. The Hall–Kier alpha value is -3.53. The van der Waals surface area contributed by atoms with Crippen LogP contribution in [0.1, 0.15) is 61.6 Å². The smallest absolute Gasteiger partial charge is 0.383 e. The summed E-state index contributed by atoms with van der Waals surface area (Å²) in [5.41, 5.74) is 8.45. The molecule has 1 aliphatic rings. The lowest BCUT2D eigenvalue weighted by atomic mass is 9.95. The summed E-state index contributed by atoms with van der Waals surface area (Å²) in [6.07, 6.45) is -1.20. The minimum absolute atomic E-state index is 0.0784. The number of hydrogen-bond acceptors (Lipinski definition) is 6. The zero-order chi connectivity index (χ0) is 25.6. The van der Waals surface area contributed by atoms with Crippen LogP contribution >= 0.6 is 11.3 Å². The Bertz CT molecular complexity index is 1450. The van der Waals surface area contributed by atoms with E-state index in [4.69, 9.17) is 5.73 Å². The molecule has 6 nitrogen and oxygen atoms in total. The molecule has 0 saturated carbocycles. The lowest BCUT2D eigenvalue weighted by Gasteiger charge is -2.34. The number of fused-ring (bicyclic) bond motifs is 2. The largest absolute Gasteiger partial charge is 0.417 e. The van der Waals surface area contributed by atoms with Crippen molar-refractivity contribution in [1.29, 1.82) is 0 Å². The van der Waals surface area contributed by atoms with Crippen molar-refractivity contribution in [3.8, 4) is 0 Å². The fourth-order valence-corrected chi connectivity index (χ4v) is 5.72. The first-order chi connectivity index (χ1) is 17.1. The number of alkyl halides is 3. The third-order valence-electron chi connectivity index (χ3n) is 6.44. The zero-order valence-corrected chi connectivity index (χ0v) is 20.6. The van der Waals surface area contributed by atoms with Crippen molar-refractivity contribution >= 4 is 34.0 Å². The second-order valence-corrected chi connectivity index (χ2v) is 10.3. The second-order valence-electron chi connectivity index (χ2n) is 9.02. The van der Waals surface area contributed by atoms with Crippen molar-refractivity contribution < 1.29 is 18.0 Å². The SMILES string of the molecule is Cc1nc2c(s1)[C@H](N(Cc1ccc(C(F)(F)F)cn1)C(=O)c1ccc3nc(N)c(C)cc3c1)CCC2. The van der Waals surface area contributed by atoms with Crippen LogP contribution in [0, 0.1) is 13.8 Å². The van der Waals surface area contributed by atoms with E-state index in [1.807, 2.05) is 19.9 Å². The van der Waals surface area contributed by atoms with Crippen LogP contribution in [0.5, 0.6) is 0 Å². The summed E-state index contributed by atoms with van der Waals surface area (Å²) in [6.45, 7) is 3.87. The topological polar surface area (TPSA) is 85.0 Å². The number of aryl methyl sites for hydroxylation is 3. The Balaban J connectivity index is 1.54. The average Bonchev–Trinajstić information content (AvgIpc) is 3.23. The van der Waals surface area contributed by atoms with Crippen molar-refractivity contribution in [2.24, 2.45) is 0 Å². The molecule has 1 amide bonds. The summed E-state index contributed by atoms with van der Waals surface area (Å²) in [6, 6.07) is 9.24. The molecule has 10 heteroatoms. The van der Waals surface area contributed by atoms with Crippen molar-refractivity contribution in [2.75, 3.05) is 5.73 Å². The number of carbonyl (C=O) groups is 1. The van der Waals surface area contributed by atoms with Gasteiger partial charge in [-0.25, -0.2) is 9.97 Å². The number of aromatic nitrogens is 3. The van der Waals surface area contributed by atoms with Crippen LogP contribution < -0.4 is 5.73 Å². The Morgan fingerprint density at radius 1 is 1.17 bits per heavy atom. The van der Waals surface area contributed by atoms with Crippen LogP contribution in [0.25, 0.3) is 10.9 Å². The molecule has 2 N–H and O–H groups in total. The highest BCUT2D eigenvalue weighted by molar-refractivity contribution is 7.11. The highest BCUT2D eigenvalue weighted by Crippen LogP contribution is 2.39. The van der Waals surface area contributed by atoms with Crippen LogP contribution in [0.15, 0.2) is 42.6 Å². The Kier molecular flexibility index (Phi) is 6.15. The second kappa shape index (κ2) is 9.16. The van der Waals surface area contributed by atoms with E-state index >= 15 is 0 Å². The first-order valence-electron chi connectivity index (χ1n) is 11.6. The zero-order valence-electron chi connectivity index (χ0n) is 19.8. The summed E-state index contributed by atoms with van der Waals surface area (Å²) < 4.78 is 39.1. The molecule has 0 radical (unpaired) electrons. The number of rotatable bonds is 4. The van der Waals surface area contributed by atoms with Crippen molar-refractivity contribution in [1.82, 2.24) is 19.9 Å². The average molecular weight is 512 g/mol. The summed E-state index contributed by atoms with van der Waals surface area (Å²) in [4.78, 5) is 29.8. The van der Waals surface area contributed by atoms with Gasteiger partial charge < -0.3 is 10.6 Å². The van der Waals surface area contributed by atoms with Gasteiger partial charge in [0, 0.05) is 17.1 Å². The number of benzene rings is 1. The van der Waals surface area contributed by atoms with E-state index in [1.165, 1.54) is 6.07 Å². The molecule has 0 fully saturated rings. The number of amides is 1. The number of thiazole rings is 1. The molecule has 4 aromatic rings. The van der Waals surface area contributed by atoms with Crippen molar-refractivity contribution in [3.63, 3.8) is 0 Å². The highest BCUT2D eigenvalue weighted by Gasteiger charge is 2.34. The predicted molar refractivity (Wildman–Crippen MR) is 133 cm³/mol. The van der Waals surface area contributed by atoms with Crippen LogP contribution in [0.2, 0.25) is 0 Å². The van der Waals surface area contributed by atoms with Gasteiger partial charge in [0.05, 0.1) is 44.9 Å². The Morgan fingerprint density at radius 3 is 2.69 bits per heavy atom. The normalized spacial score (nSPS) is 15.6. The molecule has 0 unspecified atom stereocenters. The van der Waals surface area contributed by atoms with Crippen LogP contribution in [0.3, 0.4) is 0 Å². The number of nitrogen functional groups attached to an aromatic ring is 1. The molecule has 186 valence electrons. The van der Waals surface area contributed by atoms with E-state index in [-0.39, 0.29) is 18.5 Å². The predicted octanol–water partition coefficient (Wildman–Crippen LogP) is 6.02. The number of anilines is 1. The summed E-state index contributed by atoms with van der Waals surface area (Å²) >= 11 is 1.56. The maximum Gasteiger partial charge on any atom is 0.417 e. The molecule has 0 bridgehead atoms. The molecule has 5 rings (SSSR count). The fraction of sp³-hybridized carbons (Fsp3) is 0.308. The van der Waals surface area contributed by atoms with Crippen molar-refractivity contribution in [3.05, 3.63) is 80.6 Å². The Morgan fingerprint density at radius 2 is 1.97 bits per heavy atom. The lowest BCUT2D eigenvalue weighted by Crippen LogP contribution is -2.36. The molecule has 1 atom stereocenters. The van der Waals surface area contributed by atoms with Crippen LogP contribution in [-0.2, 0) is 19.1 Å². The van der Waals surface area contributed by atoms with Gasteiger partial charge in [-0.3, -0.25) is 9.78 Å². The maximum absolute atomic E-state index is 13.9. The van der Waals surface area contributed by atoms with Crippen LogP contribution in [0.4, 0.5) is 19.0 Å². The molecule has 0 aliphatic heterocycles. The highest BCUT2D eigenvalue weighted by atomic mass is 32.1. The first-order valence-corrected chi connectivity index (χ1v) is 12.4. The fourth-order valence-electron chi connectivity index (χ4n) is 4.60.